The Bertz CT molecular complexity index is 348. The average Bonchev–Trinajstić information content (AvgIpc) is 3.17. The van der Waals surface area contributed by atoms with Gasteiger partial charge < -0.3 is 4.74 Å². The van der Waals surface area contributed by atoms with Crippen LogP contribution in [-0.2, 0) is 4.74 Å². The highest BCUT2D eigenvalue weighted by Crippen LogP contribution is 2.13. The molecule has 0 unspecified atom stereocenters. The first-order chi connectivity index (χ1) is 12.9. The van der Waals surface area contributed by atoms with E-state index >= 15 is 0 Å². The molecule has 2 heteroatoms. The van der Waals surface area contributed by atoms with E-state index in [1.807, 2.05) is 0 Å². The number of hydrogen-bond acceptors (Lipinski definition) is 2. The number of hydrogen-bond donors (Lipinski definition) is 0. The van der Waals surface area contributed by atoms with Crippen LogP contribution in [0.3, 0.4) is 0 Å². The third-order valence-electron chi connectivity index (χ3n) is 5.30. The molecule has 0 saturated carbocycles. The second-order valence-electron chi connectivity index (χ2n) is 7.87. The molecule has 0 aromatic carbocycles. The van der Waals surface area contributed by atoms with Crippen LogP contribution in [0, 0.1) is 0 Å². The molecule has 0 fully saturated rings. The van der Waals surface area contributed by atoms with Crippen LogP contribution in [0.25, 0.3) is 0 Å². The molecule has 0 N–H and O–H groups in total. The van der Waals surface area contributed by atoms with Crippen molar-refractivity contribution in [2.24, 2.45) is 4.99 Å². The third kappa shape index (κ3) is 15.5. The highest BCUT2D eigenvalue weighted by Gasteiger charge is 2.05. The van der Waals surface area contributed by atoms with E-state index < -0.39 is 0 Å². The number of allylic oxidation sites excluding steroid dienone is 2. The summed E-state index contributed by atoms with van der Waals surface area (Å²) in [7, 11) is 0. The zero-order valence-corrected chi connectivity index (χ0v) is 17.7. The molecule has 152 valence electrons. The van der Waals surface area contributed by atoms with Gasteiger partial charge in [0.2, 0.25) is 0 Å². The fourth-order valence-electron chi connectivity index (χ4n) is 3.58. The van der Waals surface area contributed by atoms with Crippen molar-refractivity contribution in [2.75, 3.05) is 13.2 Å². The molecule has 0 radical (unpaired) electrons. The van der Waals surface area contributed by atoms with Gasteiger partial charge in [0, 0.05) is 6.42 Å². The largest absolute Gasteiger partial charge is 0.479 e. The second-order valence-corrected chi connectivity index (χ2v) is 7.87. The SMILES string of the molecule is CCCCCCCC/C=C/CCCCCCCCCCCC1=NCCO1. The molecule has 1 aliphatic rings. The molecule has 1 heterocycles. The Morgan fingerprint density at radius 2 is 1.19 bits per heavy atom. The second kappa shape index (κ2) is 19.0. The standard InChI is InChI=1S/C24H45NO/c1-2-3-4-5-6-7-8-9-10-11-12-13-14-15-16-17-18-19-20-21-24-25-22-23-26-24/h9-10H,2-8,11-23H2,1H3/b10-9+. The van der Waals surface area contributed by atoms with E-state index in [4.69, 9.17) is 4.74 Å². The maximum Gasteiger partial charge on any atom is 0.183 e. The molecule has 26 heavy (non-hydrogen) atoms. The van der Waals surface area contributed by atoms with Gasteiger partial charge >= 0.3 is 0 Å². The van der Waals surface area contributed by atoms with Crippen molar-refractivity contribution in [3.8, 4) is 0 Å². The molecular formula is C24H45NO. The van der Waals surface area contributed by atoms with E-state index in [0.29, 0.717) is 0 Å². The zero-order chi connectivity index (χ0) is 18.5. The maximum atomic E-state index is 5.44. The lowest BCUT2D eigenvalue weighted by Gasteiger charge is -2.03. The lowest BCUT2D eigenvalue weighted by atomic mass is 10.1. The number of rotatable bonds is 19. The Hall–Kier alpha value is -0.790. The fourth-order valence-corrected chi connectivity index (χ4v) is 3.58. The summed E-state index contributed by atoms with van der Waals surface area (Å²) in [5.74, 6) is 1.01. The van der Waals surface area contributed by atoms with Gasteiger partial charge in [-0.1, -0.05) is 96.1 Å². The molecule has 2 nitrogen and oxygen atoms in total. The van der Waals surface area contributed by atoms with Crippen LogP contribution in [0.4, 0.5) is 0 Å². The Labute approximate surface area is 163 Å². The molecule has 0 saturated heterocycles. The van der Waals surface area contributed by atoms with Crippen molar-refractivity contribution >= 4 is 5.90 Å². The van der Waals surface area contributed by atoms with Gasteiger partial charge in [0.25, 0.3) is 0 Å². The van der Waals surface area contributed by atoms with Gasteiger partial charge in [-0.15, -0.1) is 0 Å². The quantitative estimate of drug-likeness (QED) is 0.168. The van der Waals surface area contributed by atoms with E-state index in [1.165, 1.54) is 109 Å². The smallest absolute Gasteiger partial charge is 0.183 e. The fraction of sp³-hybridized carbons (Fsp3) is 0.875. The number of aliphatic imine (C=N–C) groups is 1. The monoisotopic (exact) mass is 363 g/mol. The van der Waals surface area contributed by atoms with Crippen LogP contribution in [0.2, 0.25) is 0 Å². The summed E-state index contributed by atoms with van der Waals surface area (Å²) in [5, 5.41) is 0. The summed E-state index contributed by atoms with van der Waals surface area (Å²) in [6.45, 7) is 3.97. The van der Waals surface area contributed by atoms with Crippen LogP contribution < -0.4 is 0 Å². The average molecular weight is 364 g/mol. The van der Waals surface area contributed by atoms with Gasteiger partial charge in [0.15, 0.2) is 5.90 Å². The highest BCUT2D eigenvalue weighted by molar-refractivity contribution is 5.77. The van der Waals surface area contributed by atoms with Crippen LogP contribution in [0.1, 0.15) is 122 Å². The lowest BCUT2D eigenvalue weighted by molar-refractivity contribution is 0.336. The Morgan fingerprint density at radius 3 is 1.69 bits per heavy atom. The lowest BCUT2D eigenvalue weighted by Crippen LogP contribution is -1.98. The predicted molar refractivity (Wildman–Crippen MR) is 116 cm³/mol. The first-order valence-electron chi connectivity index (χ1n) is 11.7. The first kappa shape index (κ1) is 23.2. The van der Waals surface area contributed by atoms with Crippen LogP contribution >= 0.6 is 0 Å². The molecule has 0 amide bonds. The highest BCUT2D eigenvalue weighted by atomic mass is 16.5. The maximum absolute atomic E-state index is 5.44. The van der Waals surface area contributed by atoms with Gasteiger partial charge in [-0.25, -0.2) is 0 Å². The predicted octanol–water partition coefficient (Wildman–Crippen LogP) is 8.01. The Balaban J connectivity index is 1.68. The molecule has 0 aromatic rings. The number of unbranched alkanes of at least 4 members (excludes halogenated alkanes) is 15. The van der Waals surface area contributed by atoms with Crippen LogP contribution in [0.5, 0.6) is 0 Å². The van der Waals surface area contributed by atoms with E-state index in [2.05, 4.69) is 24.1 Å². The summed E-state index contributed by atoms with van der Waals surface area (Å²) in [4.78, 5) is 4.34. The van der Waals surface area contributed by atoms with E-state index in [9.17, 15) is 0 Å². The number of nitrogens with zero attached hydrogens (tertiary/aromatic N) is 1. The Kier molecular flexibility index (Phi) is 17.0. The molecule has 1 aliphatic heterocycles. The third-order valence-corrected chi connectivity index (χ3v) is 5.30. The Morgan fingerprint density at radius 1 is 0.692 bits per heavy atom. The van der Waals surface area contributed by atoms with Gasteiger partial charge in [0.05, 0.1) is 6.54 Å². The first-order valence-corrected chi connectivity index (χ1v) is 11.7. The van der Waals surface area contributed by atoms with Crippen molar-refractivity contribution in [3.63, 3.8) is 0 Å². The molecule has 0 spiro atoms. The molecule has 0 aliphatic carbocycles. The molecule has 0 atom stereocenters. The van der Waals surface area contributed by atoms with E-state index in [1.54, 1.807) is 0 Å². The van der Waals surface area contributed by atoms with Crippen molar-refractivity contribution in [2.45, 2.75) is 122 Å². The minimum atomic E-state index is 0.810. The minimum absolute atomic E-state index is 0.810. The van der Waals surface area contributed by atoms with Crippen molar-refractivity contribution in [1.29, 1.82) is 0 Å². The van der Waals surface area contributed by atoms with Crippen molar-refractivity contribution < 1.29 is 4.74 Å². The summed E-state index contributed by atoms with van der Waals surface area (Å²) >= 11 is 0. The summed E-state index contributed by atoms with van der Waals surface area (Å²) < 4.78 is 5.44. The molecule has 1 rings (SSSR count). The van der Waals surface area contributed by atoms with Gasteiger partial charge in [0.1, 0.15) is 6.61 Å². The van der Waals surface area contributed by atoms with Gasteiger partial charge in [-0.2, -0.15) is 0 Å². The van der Waals surface area contributed by atoms with E-state index in [0.717, 1.165) is 25.5 Å². The van der Waals surface area contributed by atoms with Crippen LogP contribution in [0.15, 0.2) is 17.1 Å². The van der Waals surface area contributed by atoms with Gasteiger partial charge in [-0.3, -0.25) is 4.99 Å². The molecular weight excluding hydrogens is 318 g/mol. The molecule has 0 aromatic heterocycles. The minimum Gasteiger partial charge on any atom is -0.479 e. The normalized spacial score (nSPS) is 14.1. The summed E-state index contributed by atoms with van der Waals surface area (Å²) in [5.41, 5.74) is 0. The van der Waals surface area contributed by atoms with Crippen LogP contribution in [-0.4, -0.2) is 19.0 Å². The van der Waals surface area contributed by atoms with Crippen molar-refractivity contribution in [1.82, 2.24) is 0 Å². The number of ether oxygens (including phenoxy) is 1. The molecule has 0 bridgehead atoms. The summed E-state index contributed by atoms with van der Waals surface area (Å²) in [6.07, 6.45) is 29.4. The zero-order valence-electron chi connectivity index (χ0n) is 17.7. The van der Waals surface area contributed by atoms with E-state index in [-0.39, 0.29) is 0 Å². The summed E-state index contributed by atoms with van der Waals surface area (Å²) in [6, 6.07) is 0. The topological polar surface area (TPSA) is 21.6 Å². The van der Waals surface area contributed by atoms with Gasteiger partial charge in [-0.05, 0) is 32.1 Å². The van der Waals surface area contributed by atoms with Crippen molar-refractivity contribution in [3.05, 3.63) is 12.2 Å².